The summed E-state index contributed by atoms with van der Waals surface area (Å²) in [5, 5.41) is 4.86. The molecule has 4 heterocycles. The van der Waals surface area contributed by atoms with Crippen molar-refractivity contribution < 1.29 is 4.42 Å². The number of nitrogens with zero attached hydrogens (tertiary/aromatic N) is 2. The predicted octanol–water partition coefficient (Wildman–Crippen LogP) is 12.6. The van der Waals surface area contributed by atoms with Crippen LogP contribution in [0.2, 0.25) is 0 Å². The highest BCUT2D eigenvalue weighted by molar-refractivity contribution is 7.99. The van der Waals surface area contributed by atoms with Crippen LogP contribution in [-0.4, -0.2) is 6.85 Å². The second-order valence-electron chi connectivity index (χ2n) is 17.2. The molecule has 0 radical (unpaired) electrons. The van der Waals surface area contributed by atoms with E-state index < -0.39 is 0 Å². The van der Waals surface area contributed by atoms with Crippen LogP contribution in [0.3, 0.4) is 0 Å². The lowest BCUT2D eigenvalue weighted by molar-refractivity contribution is 0.332. The third kappa shape index (κ3) is 3.95. The zero-order valence-corrected chi connectivity index (χ0v) is 32.1. The summed E-state index contributed by atoms with van der Waals surface area (Å²) >= 11 is 1.89. The molecule has 1 aromatic heterocycles. The van der Waals surface area contributed by atoms with Crippen LogP contribution in [-0.2, 0) is 10.8 Å². The lowest BCUT2D eigenvalue weighted by atomic mass is 9.43. The number of para-hydroxylation sites is 3. The van der Waals surface area contributed by atoms with Gasteiger partial charge >= 0.3 is 6.85 Å². The largest absolute Gasteiger partial charge is 0.456 e. The first-order valence-electron chi connectivity index (χ1n) is 19.3. The zero-order valence-electron chi connectivity index (χ0n) is 31.2. The molecule has 3 nitrogen and oxygen atoms in total. The zero-order chi connectivity index (χ0) is 36.2. The highest BCUT2D eigenvalue weighted by Crippen LogP contribution is 2.57. The van der Waals surface area contributed by atoms with Gasteiger partial charge in [0.25, 0.3) is 0 Å². The minimum atomic E-state index is -0.0482. The number of benzene rings is 7. The first kappa shape index (κ1) is 31.0. The molecule has 0 atom stereocenters. The highest BCUT2D eigenvalue weighted by Gasteiger charge is 2.49. The fourth-order valence-electron chi connectivity index (χ4n) is 10.3. The predicted molar refractivity (Wildman–Crippen MR) is 229 cm³/mol. The highest BCUT2D eigenvalue weighted by atomic mass is 32.2. The van der Waals surface area contributed by atoms with Crippen molar-refractivity contribution in [2.24, 2.45) is 0 Å². The minimum Gasteiger partial charge on any atom is -0.456 e. The summed E-state index contributed by atoms with van der Waals surface area (Å²) in [6.07, 6.45) is 2.36. The average molecular weight is 715 g/mol. The Labute approximate surface area is 320 Å². The monoisotopic (exact) mass is 714 g/mol. The SMILES string of the molecule is Cc1cc2c(cc1N1c3cc4oc5ccccc5c4cc3B3c4c(cc5ccccc5c41)-c1cccc4c1N3c1ccccc1S4)C(C)(C)CCC2(C)C. The number of aryl methyl sites for hydroxylation is 1. The molecule has 260 valence electrons. The molecule has 0 saturated heterocycles. The smallest absolute Gasteiger partial charge is 0.333 e. The van der Waals surface area contributed by atoms with Gasteiger partial charge in [0.2, 0.25) is 0 Å². The quantitative estimate of drug-likeness (QED) is 0.158. The van der Waals surface area contributed by atoms with Crippen molar-refractivity contribution in [3.8, 4) is 11.1 Å². The van der Waals surface area contributed by atoms with E-state index >= 15 is 0 Å². The number of hydrogen-bond donors (Lipinski definition) is 0. The molecule has 12 rings (SSSR count). The Hall–Kier alpha value is -5.39. The van der Waals surface area contributed by atoms with Crippen molar-refractivity contribution in [2.75, 3.05) is 9.71 Å². The average Bonchev–Trinajstić information content (AvgIpc) is 3.54. The van der Waals surface area contributed by atoms with Gasteiger partial charge in [-0.05, 0) is 106 Å². The molecule has 0 spiro atoms. The Morgan fingerprint density at radius 2 is 1.31 bits per heavy atom. The van der Waals surface area contributed by atoms with Crippen LogP contribution >= 0.6 is 11.8 Å². The molecule has 3 aliphatic heterocycles. The standard InChI is InChI=1S/C49H39BN2OS/c1-28-23-35-36(49(4,5)22-21-48(35,2)3)26-39(28)51-40-27-42-33(31-15-8-10-18-41(31)53-42)25-37(40)50-45-34(24-29-13-6-7-14-30(29)47(45)51)32-16-12-20-44-46(32)52(50)38-17-9-11-19-43(38)54-44/h6-20,23-27H,21-22H2,1-5H3. The summed E-state index contributed by atoms with van der Waals surface area (Å²) in [5.41, 5.74) is 17.9. The van der Waals surface area contributed by atoms with Gasteiger partial charge in [-0.25, -0.2) is 0 Å². The van der Waals surface area contributed by atoms with Crippen molar-refractivity contribution in [3.63, 3.8) is 0 Å². The number of fused-ring (bicyclic) bond motifs is 12. The van der Waals surface area contributed by atoms with Gasteiger partial charge in [-0.3, -0.25) is 0 Å². The second kappa shape index (κ2) is 10.4. The molecule has 1 aliphatic carbocycles. The van der Waals surface area contributed by atoms with E-state index in [0.717, 1.165) is 16.6 Å². The van der Waals surface area contributed by atoms with E-state index in [1.165, 1.54) is 106 Å². The molecule has 54 heavy (non-hydrogen) atoms. The topological polar surface area (TPSA) is 19.6 Å². The third-order valence-electron chi connectivity index (χ3n) is 13.2. The van der Waals surface area contributed by atoms with Crippen LogP contribution in [0.25, 0.3) is 43.8 Å². The van der Waals surface area contributed by atoms with E-state index in [1.54, 1.807) is 0 Å². The molecular formula is C49H39BN2OS. The molecule has 0 amide bonds. The van der Waals surface area contributed by atoms with E-state index in [4.69, 9.17) is 4.42 Å². The van der Waals surface area contributed by atoms with E-state index in [2.05, 4.69) is 166 Å². The van der Waals surface area contributed by atoms with Gasteiger partial charge in [0.05, 0.1) is 11.4 Å². The molecule has 7 aromatic carbocycles. The van der Waals surface area contributed by atoms with Crippen LogP contribution in [0.15, 0.2) is 136 Å². The number of rotatable bonds is 1. The van der Waals surface area contributed by atoms with Crippen molar-refractivity contribution in [3.05, 3.63) is 138 Å². The fourth-order valence-corrected chi connectivity index (χ4v) is 11.4. The fraction of sp³-hybridized carbons (Fsp3) is 0.184. The molecule has 0 fully saturated rings. The second-order valence-corrected chi connectivity index (χ2v) is 18.3. The maximum absolute atomic E-state index is 6.72. The van der Waals surface area contributed by atoms with Crippen LogP contribution in [0.1, 0.15) is 57.2 Å². The molecule has 0 bridgehead atoms. The Balaban J connectivity index is 1.27. The van der Waals surface area contributed by atoms with Crippen molar-refractivity contribution in [2.45, 2.75) is 68.1 Å². The Kier molecular flexibility index (Phi) is 5.99. The summed E-state index contributed by atoms with van der Waals surface area (Å²) in [7, 11) is 0. The summed E-state index contributed by atoms with van der Waals surface area (Å²) in [6.45, 7) is 12.0. The Bertz CT molecular complexity index is 2970. The van der Waals surface area contributed by atoms with Gasteiger partial charge in [0, 0.05) is 54.6 Å². The lowest BCUT2D eigenvalue weighted by Gasteiger charge is -2.49. The lowest BCUT2D eigenvalue weighted by Crippen LogP contribution is -2.62. The van der Waals surface area contributed by atoms with E-state index in [9.17, 15) is 0 Å². The Morgan fingerprint density at radius 3 is 2.17 bits per heavy atom. The van der Waals surface area contributed by atoms with Gasteiger partial charge in [0.1, 0.15) is 11.2 Å². The molecule has 0 unspecified atom stereocenters. The number of hydrogen-bond acceptors (Lipinski definition) is 4. The van der Waals surface area contributed by atoms with Gasteiger partial charge in [-0.15, -0.1) is 0 Å². The molecule has 4 aliphatic rings. The number of anilines is 5. The molecular weight excluding hydrogens is 675 g/mol. The first-order valence-corrected chi connectivity index (χ1v) is 20.2. The van der Waals surface area contributed by atoms with Crippen molar-refractivity contribution in [1.82, 2.24) is 0 Å². The van der Waals surface area contributed by atoms with Crippen LogP contribution in [0.4, 0.5) is 28.4 Å². The summed E-state index contributed by atoms with van der Waals surface area (Å²) in [5.74, 6) is 0. The third-order valence-corrected chi connectivity index (χ3v) is 14.3. The van der Waals surface area contributed by atoms with Gasteiger partial charge in [-0.1, -0.05) is 118 Å². The maximum Gasteiger partial charge on any atom is 0.333 e. The van der Waals surface area contributed by atoms with Crippen LogP contribution in [0, 0.1) is 6.92 Å². The molecule has 8 aromatic rings. The normalized spacial score (nSPS) is 16.9. The summed E-state index contributed by atoms with van der Waals surface area (Å²) in [4.78, 5) is 7.90. The molecule has 5 heteroatoms. The molecule has 0 N–H and O–H groups in total. The minimum absolute atomic E-state index is 0.0482. The Morgan fingerprint density at radius 1 is 0.593 bits per heavy atom. The van der Waals surface area contributed by atoms with E-state index in [1.807, 2.05) is 11.8 Å². The summed E-state index contributed by atoms with van der Waals surface area (Å²) in [6, 6.07) is 45.8. The van der Waals surface area contributed by atoms with E-state index in [-0.39, 0.29) is 17.7 Å². The van der Waals surface area contributed by atoms with E-state index in [0.29, 0.717) is 0 Å². The van der Waals surface area contributed by atoms with Crippen molar-refractivity contribution >= 4 is 90.7 Å². The van der Waals surface area contributed by atoms with Crippen LogP contribution < -0.4 is 20.6 Å². The number of furan rings is 1. The molecule has 0 saturated carbocycles. The van der Waals surface area contributed by atoms with Crippen LogP contribution in [0.5, 0.6) is 0 Å². The maximum atomic E-state index is 6.72. The summed E-state index contributed by atoms with van der Waals surface area (Å²) < 4.78 is 6.72. The first-order chi connectivity index (χ1) is 26.2. The van der Waals surface area contributed by atoms with Crippen molar-refractivity contribution in [1.29, 1.82) is 0 Å². The van der Waals surface area contributed by atoms with Gasteiger partial charge < -0.3 is 14.1 Å². The van der Waals surface area contributed by atoms with Gasteiger partial charge in [-0.2, -0.15) is 0 Å². The van der Waals surface area contributed by atoms with Gasteiger partial charge in [0.15, 0.2) is 0 Å².